The van der Waals surface area contributed by atoms with Crippen LogP contribution in [0.3, 0.4) is 0 Å². The topological polar surface area (TPSA) is 66.4 Å². The van der Waals surface area contributed by atoms with Crippen LogP contribution >= 0.6 is 0 Å². The SMILES string of the molecule is [CH2]CCCOS(=O)(=O)[O-].[Cu+]. The molecule has 0 aromatic heterocycles. The molecule has 0 aromatic carbocycles. The Morgan fingerprint density at radius 2 is 2.00 bits per heavy atom. The number of rotatable bonds is 4. The fourth-order valence-corrected chi connectivity index (χ4v) is 0.585. The van der Waals surface area contributed by atoms with Gasteiger partial charge in [-0.05, 0) is 6.42 Å². The quantitative estimate of drug-likeness (QED) is 0.288. The zero-order chi connectivity index (χ0) is 7.33. The van der Waals surface area contributed by atoms with Crippen molar-refractivity contribution in [1.29, 1.82) is 0 Å². The zero-order valence-electron chi connectivity index (χ0n) is 5.17. The molecule has 0 aliphatic carbocycles. The van der Waals surface area contributed by atoms with Crippen molar-refractivity contribution in [3.63, 3.8) is 0 Å². The molecule has 0 spiro atoms. The van der Waals surface area contributed by atoms with Crippen LogP contribution in [0.2, 0.25) is 0 Å². The minimum absolute atomic E-state index is 0. The monoisotopic (exact) mass is 215 g/mol. The Bertz CT molecular complexity index is 153. The second-order valence-electron chi connectivity index (χ2n) is 1.44. The van der Waals surface area contributed by atoms with E-state index in [1.165, 1.54) is 0 Å². The minimum atomic E-state index is -4.47. The molecule has 6 heteroatoms. The van der Waals surface area contributed by atoms with Crippen molar-refractivity contribution in [3.8, 4) is 0 Å². The summed E-state index contributed by atoms with van der Waals surface area (Å²) in [6.45, 7) is 3.37. The van der Waals surface area contributed by atoms with Gasteiger partial charge in [0.05, 0.1) is 6.61 Å². The summed E-state index contributed by atoms with van der Waals surface area (Å²) in [5.41, 5.74) is 0. The van der Waals surface area contributed by atoms with Gasteiger partial charge in [0.2, 0.25) is 10.4 Å². The van der Waals surface area contributed by atoms with Gasteiger partial charge in [-0.3, -0.25) is 4.18 Å². The molecule has 1 radical (unpaired) electrons. The van der Waals surface area contributed by atoms with Gasteiger partial charge in [0.15, 0.2) is 0 Å². The third kappa shape index (κ3) is 11.2. The summed E-state index contributed by atoms with van der Waals surface area (Å²) in [6, 6.07) is 0. The van der Waals surface area contributed by atoms with E-state index in [1.807, 2.05) is 0 Å². The van der Waals surface area contributed by atoms with E-state index < -0.39 is 10.4 Å². The molecule has 0 aliphatic heterocycles. The summed E-state index contributed by atoms with van der Waals surface area (Å²) in [4.78, 5) is 0. The number of hydrogen-bond donors (Lipinski definition) is 0. The number of unbranched alkanes of at least 4 members (excludes halogenated alkanes) is 1. The van der Waals surface area contributed by atoms with Gasteiger partial charge in [-0.15, -0.1) is 0 Å². The molecule has 10 heavy (non-hydrogen) atoms. The van der Waals surface area contributed by atoms with Gasteiger partial charge in [0.1, 0.15) is 0 Å². The molecule has 0 rings (SSSR count). The molecule has 0 atom stereocenters. The van der Waals surface area contributed by atoms with Gasteiger partial charge in [0, 0.05) is 0 Å². The van der Waals surface area contributed by atoms with E-state index in [2.05, 4.69) is 11.1 Å². The van der Waals surface area contributed by atoms with E-state index in [-0.39, 0.29) is 23.7 Å². The molecular weight excluding hydrogens is 208 g/mol. The Hall–Kier alpha value is 0.389. The molecule has 0 unspecified atom stereocenters. The summed E-state index contributed by atoms with van der Waals surface area (Å²) >= 11 is 0. The van der Waals surface area contributed by atoms with E-state index in [9.17, 15) is 13.0 Å². The first-order valence-electron chi connectivity index (χ1n) is 2.46. The predicted molar refractivity (Wildman–Crippen MR) is 30.2 cm³/mol. The van der Waals surface area contributed by atoms with Crippen molar-refractivity contribution in [2.75, 3.05) is 6.61 Å². The maximum Gasteiger partial charge on any atom is 1.00 e. The number of hydrogen-bond acceptors (Lipinski definition) is 4. The molecular formula is C4H8CuO4S. The average Bonchev–Trinajstić information content (AvgIpc) is 1.63. The maximum atomic E-state index is 9.71. The minimum Gasteiger partial charge on any atom is -0.726 e. The summed E-state index contributed by atoms with van der Waals surface area (Å²) in [5, 5.41) is 0. The van der Waals surface area contributed by atoms with Crippen LogP contribution in [0.4, 0.5) is 0 Å². The molecule has 0 aromatic rings. The van der Waals surface area contributed by atoms with Crippen LogP contribution in [0, 0.1) is 6.92 Å². The molecule has 4 nitrogen and oxygen atoms in total. The molecule has 0 saturated carbocycles. The Kier molecular flexibility index (Phi) is 7.97. The van der Waals surface area contributed by atoms with Gasteiger partial charge in [-0.2, -0.15) is 0 Å². The van der Waals surface area contributed by atoms with E-state index in [4.69, 9.17) is 0 Å². The second kappa shape index (κ2) is 6.12. The third-order valence-corrected chi connectivity index (χ3v) is 1.08. The van der Waals surface area contributed by atoms with Crippen LogP contribution in [0.1, 0.15) is 12.8 Å². The van der Waals surface area contributed by atoms with Gasteiger partial charge in [-0.25, -0.2) is 8.42 Å². The van der Waals surface area contributed by atoms with E-state index in [1.54, 1.807) is 0 Å². The van der Waals surface area contributed by atoms with Gasteiger partial charge < -0.3 is 4.55 Å². The van der Waals surface area contributed by atoms with Crippen molar-refractivity contribution in [2.45, 2.75) is 12.8 Å². The van der Waals surface area contributed by atoms with Crippen molar-refractivity contribution >= 4 is 10.4 Å². The fourth-order valence-electron chi connectivity index (χ4n) is 0.263. The standard InChI is InChI=1S/C4H9O4S.Cu/c1-2-3-4-8-9(5,6)7;/h1-4H2,(H,5,6,7);/q;+1/p-1. The van der Waals surface area contributed by atoms with Crippen molar-refractivity contribution in [2.24, 2.45) is 0 Å². The zero-order valence-corrected chi connectivity index (χ0v) is 6.93. The van der Waals surface area contributed by atoms with Crippen LogP contribution in [0.5, 0.6) is 0 Å². The van der Waals surface area contributed by atoms with Crippen LogP contribution in [0.15, 0.2) is 0 Å². The van der Waals surface area contributed by atoms with E-state index in [0.717, 1.165) is 0 Å². The normalized spacial score (nSPS) is 10.6. The second-order valence-corrected chi connectivity index (χ2v) is 2.49. The Labute approximate surface area is 71.4 Å². The van der Waals surface area contributed by atoms with Gasteiger partial charge in [0.25, 0.3) is 0 Å². The molecule has 65 valence electrons. The Morgan fingerprint density at radius 3 is 2.30 bits per heavy atom. The van der Waals surface area contributed by atoms with Gasteiger partial charge >= 0.3 is 17.1 Å². The van der Waals surface area contributed by atoms with Crippen molar-refractivity contribution in [1.82, 2.24) is 0 Å². The summed E-state index contributed by atoms with van der Waals surface area (Å²) in [5.74, 6) is 0. The molecule has 0 amide bonds. The molecule has 0 saturated heterocycles. The maximum absolute atomic E-state index is 9.71. The Morgan fingerprint density at radius 1 is 1.50 bits per heavy atom. The van der Waals surface area contributed by atoms with Crippen LogP contribution in [-0.4, -0.2) is 19.6 Å². The fraction of sp³-hybridized carbons (Fsp3) is 0.750. The van der Waals surface area contributed by atoms with Crippen LogP contribution in [0.25, 0.3) is 0 Å². The first-order valence-corrected chi connectivity index (χ1v) is 3.79. The first-order chi connectivity index (χ1) is 4.06. The average molecular weight is 216 g/mol. The molecule has 0 heterocycles. The molecule has 0 fully saturated rings. The smallest absolute Gasteiger partial charge is 0.726 e. The van der Waals surface area contributed by atoms with Crippen LogP contribution < -0.4 is 0 Å². The predicted octanol–water partition coefficient (Wildman–Crippen LogP) is 0.0750. The third-order valence-electron chi connectivity index (χ3n) is 0.622. The van der Waals surface area contributed by atoms with Crippen molar-refractivity contribution < 1.29 is 34.2 Å². The van der Waals surface area contributed by atoms with E-state index in [0.29, 0.717) is 12.8 Å². The van der Waals surface area contributed by atoms with Gasteiger partial charge in [-0.1, -0.05) is 13.3 Å². The summed E-state index contributed by atoms with van der Waals surface area (Å²) in [7, 11) is -4.47. The summed E-state index contributed by atoms with van der Waals surface area (Å²) < 4.78 is 33.0. The molecule has 0 aliphatic rings. The summed E-state index contributed by atoms with van der Waals surface area (Å²) in [6.07, 6.45) is 1.05. The van der Waals surface area contributed by atoms with E-state index >= 15 is 0 Å². The molecule has 0 N–H and O–H groups in total. The van der Waals surface area contributed by atoms with Crippen molar-refractivity contribution in [3.05, 3.63) is 6.92 Å². The Balaban J connectivity index is 0. The molecule has 0 bridgehead atoms. The van der Waals surface area contributed by atoms with Crippen LogP contribution in [-0.2, 0) is 31.7 Å². The first kappa shape index (κ1) is 13.0. The largest absolute Gasteiger partial charge is 1.00 e.